The van der Waals surface area contributed by atoms with Crippen molar-refractivity contribution in [3.05, 3.63) is 36.3 Å². The van der Waals surface area contributed by atoms with E-state index in [0.717, 1.165) is 6.21 Å². The first-order chi connectivity index (χ1) is 6.24. The van der Waals surface area contributed by atoms with Crippen LogP contribution in [0, 0.1) is 11.2 Å². The second-order valence-electron chi connectivity index (χ2n) is 2.41. The lowest BCUT2D eigenvalue weighted by Gasteiger charge is -2.02. The molecule has 1 rings (SSSR count). The van der Waals surface area contributed by atoms with E-state index in [1.165, 1.54) is 18.3 Å². The maximum Gasteiger partial charge on any atom is 0.148 e. The summed E-state index contributed by atoms with van der Waals surface area (Å²) in [6, 6.07) is 4.38. The van der Waals surface area contributed by atoms with Crippen molar-refractivity contribution in [2.45, 2.75) is 0 Å². The normalized spacial score (nSPS) is 10.2. The van der Waals surface area contributed by atoms with Crippen LogP contribution in [0.2, 0.25) is 0 Å². The fourth-order valence-corrected chi connectivity index (χ4v) is 0.834. The van der Waals surface area contributed by atoms with Gasteiger partial charge in [-0.05, 0) is 24.3 Å². The van der Waals surface area contributed by atoms with Gasteiger partial charge in [0.05, 0.1) is 5.69 Å². The number of benzene rings is 1. The van der Waals surface area contributed by atoms with Crippen LogP contribution in [-0.2, 0) is 0 Å². The van der Waals surface area contributed by atoms with Gasteiger partial charge in [-0.3, -0.25) is 0 Å². The van der Waals surface area contributed by atoms with Gasteiger partial charge in [0, 0.05) is 18.1 Å². The first-order valence-electron chi connectivity index (χ1n) is 3.71. The van der Waals surface area contributed by atoms with Crippen LogP contribution in [0.5, 0.6) is 0 Å². The van der Waals surface area contributed by atoms with Crippen LogP contribution in [0.15, 0.2) is 30.5 Å². The second-order valence-corrected chi connectivity index (χ2v) is 2.41. The van der Waals surface area contributed by atoms with Gasteiger partial charge in [-0.1, -0.05) is 0 Å². The molecule has 4 heteroatoms. The summed E-state index contributed by atoms with van der Waals surface area (Å²) in [5.41, 5.74) is 6.09. The summed E-state index contributed by atoms with van der Waals surface area (Å²) in [6.07, 6.45) is 4.03. The van der Waals surface area contributed by atoms with Crippen molar-refractivity contribution in [2.24, 2.45) is 0 Å². The van der Waals surface area contributed by atoms with E-state index in [-0.39, 0.29) is 0 Å². The molecule has 1 aromatic rings. The van der Waals surface area contributed by atoms with E-state index >= 15 is 0 Å². The second kappa shape index (κ2) is 4.25. The molecular formula is C9H10FN3. The van der Waals surface area contributed by atoms with Crippen molar-refractivity contribution in [1.82, 2.24) is 0 Å². The number of nitrogens with one attached hydrogen (secondary N) is 2. The van der Waals surface area contributed by atoms with E-state index < -0.39 is 5.82 Å². The van der Waals surface area contributed by atoms with E-state index in [1.54, 1.807) is 12.1 Å². The van der Waals surface area contributed by atoms with Gasteiger partial charge >= 0.3 is 0 Å². The number of anilines is 2. The summed E-state index contributed by atoms with van der Waals surface area (Å²) in [6.45, 7) is 0. The Balaban J connectivity index is 2.77. The van der Waals surface area contributed by atoms with Crippen LogP contribution in [-0.4, -0.2) is 6.21 Å². The molecule has 0 atom stereocenters. The van der Waals surface area contributed by atoms with Gasteiger partial charge in [0.15, 0.2) is 0 Å². The fourth-order valence-electron chi connectivity index (χ4n) is 0.834. The lowest BCUT2D eigenvalue weighted by molar-refractivity contribution is 0.632. The molecule has 0 aromatic heterocycles. The third-order valence-corrected chi connectivity index (χ3v) is 1.42. The van der Waals surface area contributed by atoms with Crippen molar-refractivity contribution in [3.8, 4) is 0 Å². The maximum absolute atomic E-state index is 13.0. The molecule has 0 radical (unpaired) electrons. The largest absolute Gasteiger partial charge is 0.399 e. The Labute approximate surface area is 75.6 Å². The van der Waals surface area contributed by atoms with Gasteiger partial charge < -0.3 is 16.5 Å². The zero-order chi connectivity index (χ0) is 9.68. The Morgan fingerprint density at radius 1 is 1.46 bits per heavy atom. The van der Waals surface area contributed by atoms with Crippen LogP contribution in [0.3, 0.4) is 0 Å². The van der Waals surface area contributed by atoms with Crippen LogP contribution in [0.4, 0.5) is 15.8 Å². The average molecular weight is 179 g/mol. The molecule has 13 heavy (non-hydrogen) atoms. The van der Waals surface area contributed by atoms with E-state index in [2.05, 4.69) is 5.32 Å². The van der Waals surface area contributed by atoms with E-state index in [4.69, 9.17) is 11.1 Å². The van der Waals surface area contributed by atoms with Crippen LogP contribution in [0.1, 0.15) is 0 Å². The third kappa shape index (κ3) is 2.59. The number of hydrogen-bond donors (Lipinski definition) is 3. The maximum atomic E-state index is 13.0. The van der Waals surface area contributed by atoms with E-state index in [9.17, 15) is 4.39 Å². The number of rotatable bonds is 3. The Hall–Kier alpha value is -1.84. The SMILES string of the molecule is N=C/C=C\Nc1ccc(N)cc1F. The van der Waals surface area contributed by atoms with Crippen molar-refractivity contribution in [1.29, 1.82) is 5.41 Å². The topological polar surface area (TPSA) is 61.9 Å². The first-order valence-corrected chi connectivity index (χ1v) is 3.71. The highest BCUT2D eigenvalue weighted by molar-refractivity contribution is 5.68. The van der Waals surface area contributed by atoms with Crippen LogP contribution in [0.25, 0.3) is 0 Å². The minimum Gasteiger partial charge on any atom is -0.399 e. The Bertz CT molecular complexity index is 334. The Kier molecular flexibility index (Phi) is 3.03. The summed E-state index contributed by atoms with van der Waals surface area (Å²) in [5.74, 6) is -0.408. The highest BCUT2D eigenvalue weighted by atomic mass is 19.1. The fraction of sp³-hybridized carbons (Fsp3) is 0. The van der Waals surface area contributed by atoms with Crippen molar-refractivity contribution >= 4 is 17.6 Å². The summed E-state index contributed by atoms with van der Waals surface area (Å²) < 4.78 is 13.0. The molecule has 0 aliphatic carbocycles. The molecule has 0 aliphatic heterocycles. The zero-order valence-corrected chi connectivity index (χ0v) is 6.92. The van der Waals surface area contributed by atoms with Gasteiger partial charge in [0.25, 0.3) is 0 Å². The molecular weight excluding hydrogens is 169 g/mol. The number of nitrogen functional groups attached to an aromatic ring is 1. The molecule has 0 fully saturated rings. The lowest BCUT2D eigenvalue weighted by Crippen LogP contribution is -1.93. The molecule has 0 saturated heterocycles. The molecule has 0 unspecified atom stereocenters. The lowest BCUT2D eigenvalue weighted by atomic mass is 10.3. The van der Waals surface area contributed by atoms with Gasteiger partial charge in [-0.25, -0.2) is 4.39 Å². The molecule has 3 nitrogen and oxygen atoms in total. The monoisotopic (exact) mass is 179 g/mol. The van der Waals surface area contributed by atoms with Crippen molar-refractivity contribution in [2.75, 3.05) is 11.1 Å². The Morgan fingerprint density at radius 3 is 2.85 bits per heavy atom. The summed E-state index contributed by atoms with van der Waals surface area (Å²) in [5, 5.41) is 9.37. The van der Waals surface area contributed by atoms with E-state index in [0.29, 0.717) is 11.4 Å². The number of allylic oxidation sites excluding steroid dienone is 1. The molecule has 0 aliphatic rings. The van der Waals surface area contributed by atoms with Crippen LogP contribution < -0.4 is 11.1 Å². The van der Waals surface area contributed by atoms with Crippen molar-refractivity contribution in [3.63, 3.8) is 0 Å². The summed E-state index contributed by atoms with van der Waals surface area (Å²) >= 11 is 0. The molecule has 0 saturated carbocycles. The van der Waals surface area contributed by atoms with Gasteiger partial charge in [0.1, 0.15) is 5.82 Å². The quantitative estimate of drug-likeness (QED) is 0.490. The smallest absolute Gasteiger partial charge is 0.148 e. The van der Waals surface area contributed by atoms with Gasteiger partial charge in [0.2, 0.25) is 0 Å². The van der Waals surface area contributed by atoms with E-state index in [1.807, 2.05) is 0 Å². The molecule has 0 spiro atoms. The summed E-state index contributed by atoms with van der Waals surface area (Å²) in [4.78, 5) is 0. The molecule has 1 aromatic carbocycles. The third-order valence-electron chi connectivity index (χ3n) is 1.42. The van der Waals surface area contributed by atoms with Gasteiger partial charge in [-0.15, -0.1) is 0 Å². The highest BCUT2D eigenvalue weighted by Crippen LogP contribution is 2.16. The number of hydrogen-bond acceptors (Lipinski definition) is 3. The molecule has 0 bridgehead atoms. The standard InChI is InChI=1S/C9H10FN3/c10-8-6-7(12)2-3-9(8)13-5-1-4-11/h1-6,11,13H,12H2/b5-1-,11-4?. The van der Waals surface area contributed by atoms with Crippen molar-refractivity contribution < 1.29 is 4.39 Å². The minimum atomic E-state index is -0.408. The predicted octanol–water partition coefficient (Wildman–Crippen LogP) is 1.98. The molecule has 4 N–H and O–H groups in total. The number of halogens is 1. The number of nitrogens with two attached hydrogens (primary N) is 1. The first kappa shape index (κ1) is 9.25. The minimum absolute atomic E-state index is 0.340. The van der Waals surface area contributed by atoms with Crippen LogP contribution >= 0.6 is 0 Å². The Morgan fingerprint density at radius 2 is 2.23 bits per heavy atom. The molecule has 0 heterocycles. The zero-order valence-electron chi connectivity index (χ0n) is 6.92. The molecule has 68 valence electrons. The van der Waals surface area contributed by atoms with Gasteiger partial charge in [-0.2, -0.15) is 0 Å². The predicted molar refractivity (Wildman–Crippen MR) is 52.4 cm³/mol. The average Bonchev–Trinajstić information content (AvgIpc) is 2.09. The summed E-state index contributed by atoms with van der Waals surface area (Å²) in [7, 11) is 0. The molecule has 0 amide bonds. The highest BCUT2D eigenvalue weighted by Gasteiger charge is 1.98.